The molecule has 0 atom stereocenters. The Labute approximate surface area is 108 Å². The number of benzene rings is 1. The summed E-state index contributed by atoms with van der Waals surface area (Å²) in [6.07, 6.45) is -0.621. The first-order valence-corrected chi connectivity index (χ1v) is 5.73. The van der Waals surface area contributed by atoms with Crippen LogP contribution in [0.3, 0.4) is 0 Å². The number of Topliss-reactive ketones (excluding diaryl/α,β-unsaturated/α-hetero) is 2. The number of nitrogens with one attached hydrogen (secondary N) is 1. The standard InChI is InChI=1S/C13H12N2O4/c1-7-14-9-3-2-8(6-10(9)15-7)13(19)11(16)4-5-12(17)18/h2-3,6H,4-5H2,1H3,(H,14,15)(H,17,18). The molecule has 0 unspecified atom stereocenters. The molecule has 0 radical (unpaired) electrons. The van der Waals surface area contributed by atoms with Crippen LogP contribution in [-0.2, 0) is 9.59 Å². The molecule has 0 bridgehead atoms. The quantitative estimate of drug-likeness (QED) is 0.626. The molecule has 0 fully saturated rings. The molecule has 0 aliphatic carbocycles. The van der Waals surface area contributed by atoms with Gasteiger partial charge in [-0.1, -0.05) is 0 Å². The van der Waals surface area contributed by atoms with Crippen molar-refractivity contribution in [2.45, 2.75) is 19.8 Å². The minimum Gasteiger partial charge on any atom is -0.481 e. The molecule has 2 N–H and O–H groups in total. The van der Waals surface area contributed by atoms with Crippen LogP contribution < -0.4 is 0 Å². The molecule has 1 heterocycles. The largest absolute Gasteiger partial charge is 0.481 e. The number of aromatic nitrogens is 2. The summed E-state index contributed by atoms with van der Waals surface area (Å²) in [6.45, 7) is 1.79. The number of H-pyrrole nitrogens is 1. The van der Waals surface area contributed by atoms with Gasteiger partial charge >= 0.3 is 5.97 Å². The summed E-state index contributed by atoms with van der Waals surface area (Å²) in [6, 6.07) is 4.72. The van der Waals surface area contributed by atoms with Crippen molar-refractivity contribution in [3.8, 4) is 0 Å². The lowest BCUT2D eigenvalue weighted by molar-refractivity contribution is -0.138. The molecule has 6 heteroatoms. The van der Waals surface area contributed by atoms with E-state index in [4.69, 9.17) is 5.11 Å². The maximum Gasteiger partial charge on any atom is 0.303 e. The van der Waals surface area contributed by atoms with Gasteiger partial charge in [-0.3, -0.25) is 14.4 Å². The molecular formula is C13H12N2O4. The molecule has 0 amide bonds. The normalized spacial score (nSPS) is 10.6. The molecule has 0 saturated heterocycles. The van der Waals surface area contributed by atoms with Gasteiger partial charge < -0.3 is 10.1 Å². The van der Waals surface area contributed by atoms with Gasteiger partial charge in [0.25, 0.3) is 0 Å². The topological polar surface area (TPSA) is 100 Å². The number of rotatable bonds is 5. The summed E-state index contributed by atoms with van der Waals surface area (Å²) >= 11 is 0. The van der Waals surface area contributed by atoms with E-state index in [1.165, 1.54) is 6.07 Å². The Kier molecular flexibility index (Phi) is 3.41. The van der Waals surface area contributed by atoms with Gasteiger partial charge in [0, 0.05) is 12.0 Å². The second kappa shape index (κ2) is 5.01. The molecule has 0 aliphatic heterocycles. The average molecular weight is 260 g/mol. The molecule has 2 rings (SSSR count). The fraction of sp³-hybridized carbons (Fsp3) is 0.231. The van der Waals surface area contributed by atoms with E-state index >= 15 is 0 Å². The van der Waals surface area contributed by atoms with E-state index in [-0.39, 0.29) is 18.4 Å². The van der Waals surface area contributed by atoms with Gasteiger partial charge in [-0.25, -0.2) is 4.98 Å². The van der Waals surface area contributed by atoms with E-state index in [9.17, 15) is 14.4 Å². The van der Waals surface area contributed by atoms with E-state index in [1.807, 2.05) is 0 Å². The van der Waals surface area contributed by atoms with Crippen LogP contribution in [0.15, 0.2) is 18.2 Å². The molecular weight excluding hydrogens is 248 g/mol. The number of aryl methyl sites for hydroxylation is 1. The van der Waals surface area contributed by atoms with Crippen LogP contribution in [0.5, 0.6) is 0 Å². The Morgan fingerprint density at radius 3 is 2.68 bits per heavy atom. The highest BCUT2D eigenvalue weighted by Crippen LogP contribution is 2.14. The van der Waals surface area contributed by atoms with Crippen LogP contribution in [-0.4, -0.2) is 32.6 Å². The number of ketones is 2. The van der Waals surface area contributed by atoms with E-state index in [0.29, 0.717) is 11.0 Å². The second-order valence-electron chi connectivity index (χ2n) is 4.20. The number of fused-ring (bicyclic) bond motifs is 1. The summed E-state index contributed by atoms with van der Waals surface area (Å²) in [5.41, 5.74) is 1.63. The van der Waals surface area contributed by atoms with Crippen LogP contribution in [0.2, 0.25) is 0 Å². The molecule has 98 valence electrons. The van der Waals surface area contributed by atoms with E-state index in [0.717, 1.165) is 5.82 Å². The van der Waals surface area contributed by atoms with Crippen LogP contribution in [0.1, 0.15) is 29.0 Å². The molecule has 1 aromatic carbocycles. The van der Waals surface area contributed by atoms with E-state index in [1.54, 1.807) is 19.1 Å². The van der Waals surface area contributed by atoms with Crippen molar-refractivity contribution in [3.05, 3.63) is 29.6 Å². The summed E-state index contributed by atoms with van der Waals surface area (Å²) in [4.78, 5) is 40.9. The number of hydrogen-bond donors (Lipinski definition) is 2. The Hall–Kier alpha value is -2.50. The van der Waals surface area contributed by atoms with Gasteiger partial charge in [-0.05, 0) is 25.1 Å². The molecule has 0 aliphatic rings. The summed E-state index contributed by atoms with van der Waals surface area (Å²) in [5.74, 6) is -1.74. The van der Waals surface area contributed by atoms with E-state index < -0.39 is 17.5 Å². The maximum absolute atomic E-state index is 11.8. The van der Waals surface area contributed by atoms with Crippen molar-refractivity contribution in [1.82, 2.24) is 9.97 Å². The molecule has 1 aromatic heterocycles. The van der Waals surface area contributed by atoms with Gasteiger partial charge in [0.2, 0.25) is 11.6 Å². The fourth-order valence-corrected chi connectivity index (χ4v) is 1.77. The second-order valence-corrected chi connectivity index (χ2v) is 4.20. The van der Waals surface area contributed by atoms with Crippen LogP contribution in [0.4, 0.5) is 0 Å². The third-order valence-electron chi connectivity index (χ3n) is 2.68. The van der Waals surface area contributed by atoms with Crippen molar-refractivity contribution in [1.29, 1.82) is 0 Å². The zero-order valence-corrected chi connectivity index (χ0v) is 10.3. The summed E-state index contributed by atoms with van der Waals surface area (Å²) in [7, 11) is 0. The van der Waals surface area contributed by atoms with Crippen molar-refractivity contribution in [2.24, 2.45) is 0 Å². The first-order chi connectivity index (χ1) is 8.97. The summed E-state index contributed by atoms with van der Waals surface area (Å²) in [5, 5.41) is 8.48. The summed E-state index contributed by atoms with van der Waals surface area (Å²) < 4.78 is 0. The van der Waals surface area contributed by atoms with Crippen LogP contribution >= 0.6 is 0 Å². The minimum absolute atomic E-state index is 0.242. The number of carboxylic acid groups (broad SMARTS) is 1. The first kappa shape index (κ1) is 12.9. The van der Waals surface area contributed by atoms with Crippen molar-refractivity contribution in [3.63, 3.8) is 0 Å². The number of imidazole rings is 1. The molecule has 0 spiro atoms. The Balaban J connectivity index is 2.21. The Bertz CT molecular complexity index is 672. The number of nitrogens with zero attached hydrogens (tertiary/aromatic N) is 1. The van der Waals surface area contributed by atoms with Gasteiger partial charge in [-0.2, -0.15) is 0 Å². The average Bonchev–Trinajstić information content (AvgIpc) is 2.73. The number of carbonyl (C=O) groups excluding carboxylic acids is 2. The lowest BCUT2D eigenvalue weighted by atomic mass is 10.0. The van der Waals surface area contributed by atoms with Crippen molar-refractivity contribution >= 4 is 28.6 Å². The molecule has 2 aromatic rings. The zero-order chi connectivity index (χ0) is 14.0. The highest BCUT2D eigenvalue weighted by molar-refractivity contribution is 6.44. The molecule has 0 saturated carbocycles. The number of aromatic amines is 1. The Morgan fingerprint density at radius 1 is 1.26 bits per heavy atom. The van der Waals surface area contributed by atoms with Crippen LogP contribution in [0, 0.1) is 6.92 Å². The van der Waals surface area contributed by atoms with E-state index in [2.05, 4.69) is 9.97 Å². The highest BCUT2D eigenvalue weighted by Gasteiger charge is 2.17. The lowest BCUT2D eigenvalue weighted by Crippen LogP contribution is -2.15. The van der Waals surface area contributed by atoms with Gasteiger partial charge in [0.1, 0.15) is 5.82 Å². The monoisotopic (exact) mass is 260 g/mol. The van der Waals surface area contributed by atoms with Gasteiger partial charge in [-0.15, -0.1) is 0 Å². The maximum atomic E-state index is 11.8. The number of carbonyl (C=O) groups is 3. The predicted octanol–water partition coefficient (Wildman–Crippen LogP) is 1.49. The van der Waals surface area contributed by atoms with Crippen molar-refractivity contribution < 1.29 is 19.5 Å². The first-order valence-electron chi connectivity index (χ1n) is 5.73. The lowest BCUT2D eigenvalue weighted by Gasteiger charge is -1.99. The number of hydrogen-bond acceptors (Lipinski definition) is 4. The predicted molar refractivity (Wildman–Crippen MR) is 67.0 cm³/mol. The third kappa shape index (κ3) is 2.85. The smallest absolute Gasteiger partial charge is 0.303 e. The zero-order valence-electron chi connectivity index (χ0n) is 10.3. The fourth-order valence-electron chi connectivity index (χ4n) is 1.77. The van der Waals surface area contributed by atoms with Crippen molar-refractivity contribution in [2.75, 3.05) is 0 Å². The third-order valence-corrected chi connectivity index (χ3v) is 2.68. The van der Waals surface area contributed by atoms with Gasteiger partial charge in [0.05, 0.1) is 17.5 Å². The minimum atomic E-state index is -1.10. The number of aliphatic carboxylic acids is 1. The number of carboxylic acids is 1. The van der Waals surface area contributed by atoms with Crippen LogP contribution in [0.25, 0.3) is 11.0 Å². The molecule has 19 heavy (non-hydrogen) atoms. The highest BCUT2D eigenvalue weighted by atomic mass is 16.4. The SMILES string of the molecule is Cc1nc2ccc(C(=O)C(=O)CCC(=O)O)cc2[nH]1. The van der Waals surface area contributed by atoms with Gasteiger partial charge in [0.15, 0.2) is 0 Å². The Morgan fingerprint density at radius 2 is 2.00 bits per heavy atom. The molecule has 6 nitrogen and oxygen atoms in total.